The summed E-state index contributed by atoms with van der Waals surface area (Å²) in [5.74, 6) is 2.22. The van der Waals surface area contributed by atoms with Crippen molar-refractivity contribution in [3.63, 3.8) is 0 Å². The van der Waals surface area contributed by atoms with Crippen molar-refractivity contribution in [2.75, 3.05) is 31.5 Å². The zero-order chi connectivity index (χ0) is 17.5. The molecule has 0 aromatic heterocycles. The van der Waals surface area contributed by atoms with E-state index in [0.717, 1.165) is 37.0 Å². The fourth-order valence-electron chi connectivity index (χ4n) is 3.61. The highest BCUT2D eigenvalue weighted by atomic mass is 32.1. The Kier molecular flexibility index (Phi) is 7.50. The molecule has 4 heteroatoms. The van der Waals surface area contributed by atoms with Gasteiger partial charge in [-0.2, -0.15) is 0 Å². The monoisotopic (exact) mass is 347 g/mol. The van der Waals surface area contributed by atoms with Crippen molar-refractivity contribution in [2.45, 2.75) is 46.5 Å². The zero-order valence-electron chi connectivity index (χ0n) is 15.6. The molecule has 0 amide bonds. The number of nitrogens with zero attached hydrogens (tertiary/aromatic N) is 1. The van der Waals surface area contributed by atoms with Gasteiger partial charge in [-0.05, 0) is 67.1 Å². The normalized spacial score (nSPS) is 21.7. The van der Waals surface area contributed by atoms with Crippen LogP contribution in [0.2, 0.25) is 0 Å². The van der Waals surface area contributed by atoms with Crippen LogP contribution >= 0.6 is 12.2 Å². The fourth-order valence-corrected chi connectivity index (χ4v) is 3.83. The van der Waals surface area contributed by atoms with E-state index in [1.165, 1.54) is 25.1 Å². The number of hydrogen-bond acceptors (Lipinski definition) is 2. The largest absolute Gasteiger partial charge is 0.362 e. The predicted octanol–water partition coefficient (Wildman–Crippen LogP) is 4.46. The van der Waals surface area contributed by atoms with Crippen LogP contribution in [0.15, 0.2) is 24.3 Å². The standard InChI is InChI=1S/C20H33N3S/c1-15(2)18-6-8-19(9-7-18)22-20(24)21-10-5-11-23-13-16(3)12-17(4)14-23/h6-9,15-17H,5,10-14H2,1-4H3,(H2,21,22,24)/t16-,17+. The Morgan fingerprint density at radius 3 is 2.38 bits per heavy atom. The molecule has 24 heavy (non-hydrogen) atoms. The van der Waals surface area contributed by atoms with Gasteiger partial charge in [-0.1, -0.05) is 39.8 Å². The summed E-state index contributed by atoms with van der Waals surface area (Å²) in [6.45, 7) is 13.7. The Morgan fingerprint density at radius 2 is 1.79 bits per heavy atom. The zero-order valence-corrected chi connectivity index (χ0v) is 16.5. The van der Waals surface area contributed by atoms with Crippen molar-refractivity contribution in [3.05, 3.63) is 29.8 Å². The lowest BCUT2D eigenvalue weighted by Gasteiger charge is -2.35. The molecule has 1 aromatic carbocycles. The Hall–Kier alpha value is -1.13. The molecule has 134 valence electrons. The van der Waals surface area contributed by atoms with Gasteiger partial charge in [0.2, 0.25) is 0 Å². The molecule has 0 bridgehead atoms. The summed E-state index contributed by atoms with van der Waals surface area (Å²) in [4.78, 5) is 2.60. The highest BCUT2D eigenvalue weighted by Crippen LogP contribution is 2.20. The van der Waals surface area contributed by atoms with E-state index in [1.807, 2.05) is 0 Å². The number of thiocarbonyl (C=S) groups is 1. The lowest BCUT2D eigenvalue weighted by molar-refractivity contribution is 0.140. The van der Waals surface area contributed by atoms with Crippen molar-refractivity contribution in [3.8, 4) is 0 Å². The molecule has 0 unspecified atom stereocenters. The number of piperidine rings is 1. The molecule has 2 rings (SSSR count). The Bertz CT molecular complexity index is 502. The van der Waals surface area contributed by atoms with E-state index in [1.54, 1.807) is 0 Å². The summed E-state index contributed by atoms with van der Waals surface area (Å²) in [5.41, 5.74) is 2.40. The minimum absolute atomic E-state index is 0.560. The lowest BCUT2D eigenvalue weighted by atomic mass is 9.92. The Labute approximate surface area is 153 Å². The maximum absolute atomic E-state index is 5.39. The highest BCUT2D eigenvalue weighted by molar-refractivity contribution is 7.80. The first-order valence-electron chi connectivity index (χ1n) is 9.31. The van der Waals surface area contributed by atoms with Gasteiger partial charge in [0, 0.05) is 25.3 Å². The molecular weight excluding hydrogens is 314 g/mol. The SMILES string of the molecule is CC(C)c1ccc(NC(=S)NCCCN2C[C@H](C)C[C@H](C)C2)cc1. The quantitative estimate of drug-likeness (QED) is 0.587. The average molecular weight is 348 g/mol. The number of hydrogen-bond donors (Lipinski definition) is 2. The summed E-state index contributed by atoms with van der Waals surface area (Å²) in [6, 6.07) is 8.52. The molecular formula is C20H33N3S. The van der Waals surface area contributed by atoms with Crippen LogP contribution in [-0.2, 0) is 0 Å². The third kappa shape index (κ3) is 6.40. The van der Waals surface area contributed by atoms with Gasteiger partial charge in [-0.15, -0.1) is 0 Å². The van der Waals surface area contributed by atoms with E-state index in [9.17, 15) is 0 Å². The molecule has 2 N–H and O–H groups in total. The molecule has 0 spiro atoms. The number of anilines is 1. The number of rotatable bonds is 6. The molecule has 1 aromatic rings. The minimum Gasteiger partial charge on any atom is -0.362 e. The highest BCUT2D eigenvalue weighted by Gasteiger charge is 2.20. The van der Waals surface area contributed by atoms with E-state index >= 15 is 0 Å². The van der Waals surface area contributed by atoms with E-state index in [4.69, 9.17) is 12.2 Å². The van der Waals surface area contributed by atoms with Crippen LogP contribution < -0.4 is 10.6 Å². The first-order chi connectivity index (χ1) is 11.4. The summed E-state index contributed by atoms with van der Waals surface area (Å²) in [7, 11) is 0. The fraction of sp³-hybridized carbons (Fsp3) is 0.650. The van der Waals surface area contributed by atoms with Crippen molar-refractivity contribution in [1.82, 2.24) is 10.2 Å². The van der Waals surface area contributed by atoms with Crippen molar-refractivity contribution in [2.24, 2.45) is 11.8 Å². The van der Waals surface area contributed by atoms with Crippen molar-refractivity contribution >= 4 is 23.0 Å². The maximum atomic E-state index is 5.39. The summed E-state index contributed by atoms with van der Waals surface area (Å²) in [5, 5.41) is 7.31. The van der Waals surface area contributed by atoms with Gasteiger partial charge in [0.25, 0.3) is 0 Å². The molecule has 3 nitrogen and oxygen atoms in total. The smallest absolute Gasteiger partial charge is 0.170 e. The predicted molar refractivity (Wildman–Crippen MR) is 109 cm³/mol. The van der Waals surface area contributed by atoms with E-state index in [-0.39, 0.29) is 0 Å². The first kappa shape index (κ1) is 19.2. The molecule has 1 fully saturated rings. The third-order valence-electron chi connectivity index (χ3n) is 4.72. The molecule has 0 aliphatic carbocycles. The van der Waals surface area contributed by atoms with E-state index in [2.05, 4.69) is 67.5 Å². The van der Waals surface area contributed by atoms with Crippen LogP contribution in [-0.4, -0.2) is 36.2 Å². The Balaban J connectivity index is 1.64. The van der Waals surface area contributed by atoms with Crippen LogP contribution in [0.1, 0.15) is 52.0 Å². The van der Waals surface area contributed by atoms with Gasteiger partial charge in [-0.3, -0.25) is 0 Å². The van der Waals surface area contributed by atoms with Crippen LogP contribution in [0.5, 0.6) is 0 Å². The van der Waals surface area contributed by atoms with Crippen LogP contribution in [0.4, 0.5) is 5.69 Å². The minimum atomic E-state index is 0.560. The second-order valence-electron chi connectivity index (χ2n) is 7.72. The van der Waals surface area contributed by atoms with Crippen molar-refractivity contribution in [1.29, 1.82) is 0 Å². The van der Waals surface area contributed by atoms with Crippen molar-refractivity contribution < 1.29 is 0 Å². The van der Waals surface area contributed by atoms with Gasteiger partial charge >= 0.3 is 0 Å². The number of benzene rings is 1. The molecule has 1 saturated heterocycles. The van der Waals surface area contributed by atoms with Crippen LogP contribution in [0, 0.1) is 11.8 Å². The first-order valence-corrected chi connectivity index (χ1v) is 9.72. The number of likely N-dealkylation sites (tertiary alicyclic amines) is 1. The topological polar surface area (TPSA) is 27.3 Å². The Morgan fingerprint density at radius 1 is 1.17 bits per heavy atom. The van der Waals surface area contributed by atoms with Gasteiger partial charge < -0.3 is 15.5 Å². The molecule has 2 atom stereocenters. The van der Waals surface area contributed by atoms with Gasteiger partial charge in [0.05, 0.1) is 0 Å². The lowest BCUT2D eigenvalue weighted by Crippen LogP contribution is -2.40. The molecule has 0 saturated carbocycles. The number of nitrogens with one attached hydrogen (secondary N) is 2. The molecule has 1 aliphatic heterocycles. The van der Waals surface area contributed by atoms with Crippen LogP contribution in [0.3, 0.4) is 0 Å². The van der Waals surface area contributed by atoms with Gasteiger partial charge in [0.15, 0.2) is 5.11 Å². The third-order valence-corrected chi connectivity index (χ3v) is 4.96. The van der Waals surface area contributed by atoms with Gasteiger partial charge in [-0.25, -0.2) is 0 Å². The second-order valence-corrected chi connectivity index (χ2v) is 8.13. The molecule has 1 aliphatic rings. The second kappa shape index (κ2) is 9.38. The van der Waals surface area contributed by atoms with Gasteiger partial charge in [0.1, 0.15) is 0 Å². The van der Waals surface area contributed by atoms with Crippen LogP contribution in [0.25, 0.3) is 0 Å². The summed E-state index contributed by atoms with van der Waals surface area (Å²) >= 11 is 5.39. The molecule has 1 heterocycles. The van der Waals surface area contributed by atoms with E-state index < -0.39 is 0 Å². The molecule has 0 radical (unpaired) electrons. The summed E-state index contributed by atoms with van der Waals surface area (Å²) < 4.78 is 0. The summed E-state index contributed by atoms with van der Waals surface area (Å²) in [6.07, 6.45) is 2.51. The van der Waals surface area contributed by atoms with E-state index in [0.29, 0.717) is 11.0 Å². The average Bonchev–Trinajstić information content (AvgIpc) is 2.51. The maximum Gasteiger partial charge on any atom is 0.170 e.